The van der Waals surface area contributed by atoms with Crippen molar-refractivity contribution in [1.82, 2.24) is 16.0 Å². The Morgan fingerprint density at radius 3 is 2.09 bits per heavy atom. The van der Waals surface area contributed by atoms with E-state index in [1.807, 2.05) is 6.26 Å². The minimum atomic E-state index is -1.53. The normalized spacial score (nSPS) is 14.2. The van der Waals surface area contributed by atoms with E-state index < -0.39 is 60.2 Å². The second-order valence-corrected chi connectivity index (χ2v) is 8.61. The number of carboxylic acid groups (broad SMARTS) is 1. The number of amides is 4. The third-order valence-corrected chi connectivity index (χ3v) is 5.39. The van der Waals surface area contributed by atoms with Gasteiger partial charge in [-0.25, -0.2) is 4.79 Å². The van der Waals surface area contributed by atoms with Crippen LogP contribution in [0.5, 0.6) is 5.75 Å². The standard InChI is InChI=1S/C21H31N5O7S/c1-11(18(29)26-16(21(32)33)10-17(23)28)24-20(31)15(7-8-34-2)25-19(30)14(22)9-12-3-5-13(27)6-4-12/h3-6,11,14-16,27H,7-10,22H2,1-2H3,(H2,23,28)(H,24,31)(H,25,30)(H,26,29)(H,32,33). The van der Waals surface area contributed by atoms with E-state index in [4.69, 9.17) is 16.6 Å². The van der Waals surface area contributed by atoms with Gasteiger partial charge in [0.05, 0.1) is 12.5 Å². The molecule has 0 spiro atoms. The maximum absolute atomic E-state index is 12.7. The lowest BCUT2D eigenvalue weighted by molar-refractivity contribution is -0.143. The lowest BCUT2D eigenvalue weighted by Crippen LogP contribution is -2.56. The van der Waals surface area contributed by atoms with Crippen LogP contribution in [0, 0.1) is 0 Å². The summed E-state index contributed by atoms with van der Waals surface area (Å²) in [5.41, 5.74) is 11.7. The van der Waals surface area contributed by atoms with Crippen LogP contribution in [0.2, 0.25) is 0 Å². The summed E-state index contributed by atoms with van der Waals surface area (Å²) in [4.78, 5) is 59.8. The van der Waals surface area contributed by atoms with Gasteiger partial charge in [-0.1, -0.05) is 12.1 Å². The molecule has 12 nitrogen and oxygen atoms in total. The van der Waals surface area contributed by atoms with E-state index in [0.29, 0.717) is 5.75 Å². The molecule has 0 bridgehead atoms. The summed E-state index contributed by atoms with van der Waals surface area (Å²) in [6.07, 6.45) is 1.66. The van der Waals surface area contributed by atoms with Crippen LogP contribution < -0.4 is 27.4 Å². The van der Waals surface area contributed by atoms with Crippen molar-refractivity contribution in [3.05, 3.63) is 29.8 Å². The SMILES string of the molecule is CSCCC(NC(=O)C(N)Cc1ccc(O)cc1)C(=O)NC(C)C(=O)NC(CC(N)=O)C(=O)O. The van der Waals surface area contributed by atoms with E-state index in [-0.39, 0.29) is 18.6 Å². The molecule has 4 atom stereocenters. The van der Waals surface area contributed by atoms with Gasteiger partial charge < -0.3 is 37.6 Å². The first-order chi connectivity index (χ1) is 15.9. The molecule has 0 saturated heterocycles. The fourth-order valence-electron chi connectivity index (χ4n) is 2.84. The molecule has 0 aliphatic carbocycles. The molecule has 0 aliphatic heterocycles. The molecule has 9 N–H and O–H groups in total. The van der Waals surface area contributed by atoms with Gasteiger partial charge in [0.2, 0.25) is 23.6 Å². The molecule has 4 amide bonds. The van der Waals surface area contributed by atoms with Crippen molar-refractivity contribution in [3.8, 4) is 5.75 Å². The van der Waals surface area contributed by atoms with Crippen molar-refractivity contribution in [2.45, 2.75) is 50.4 Å². The lowest BCUT2D eigenvalue weighted by atomic mass is 10.0. The zero-order valence-corrected chi connectivity index (χ0v) is 19.8. The van der Waals surface area contributed by atoms with E-state index >= 15 is 0 Å². The van der Waals surface area contributed by atoms with E-state index in [1.165, 1.54) is 30.8 Å². The van der Waals surface area contributed by atoms with Crippen LogP contribution in [0.4, 0.5) is 0 Å². The number of phenolic OH excluding ortho intramolecular Hbond substituents is 1. The number of hydrogen-bond acceptors (Lipinski definition) is 8. The van der Waals surface area contributed by atoms with Gasteiger partial charge in [0.1, 0.15) is 23.9 Å². The predicted octanol–water partition coefficient (Wildman–Crippen LogP) is -1.55. The average molecular weight is 498 g/mol. The Morgan fingerprint density at radius 2 is 1.56 bits per heavy atom. The maximum atomic E-state index is 12.7. The van der Waals surface area contributed by atoms with Crippen LogP contribution in [0.25, 0.3) is 0 Å². The molecule has 0 radical (unpaired) electrons. The molecule has 0 aromatic heterocycles. The van der Waals surface area contributed by atoms with Gasteiger partial charge in [-0.05, 0) is 49.5 Å². The lowest BCUT2D eigenvalue weighted by Gasteiger charge is -2.23. The third-order valence-electron chi connectivity index (χ3n) is 4.74. The largest absolute Gasteiger partial charge is 0.508 e. The predicted molar refractivity (Wildman–Crippen MR) is 126 cm³/mol. The molecule has 1 aromatic rings. The Morgan fingerprint density at radius 1 is 0.971 bits per heavy atom. The Hall–Kier alpha value is -3.32. The zero-order valence-electron chi connectivity index (χ0n) is 18.9. The number of primary amides is 1. The fourth-order valence-corrected chi connectivity index (χ4v) is 3.31. The first kappa shape index (κ1) is 28.7. The summed E-state index contributed by atoms with van der Waals surface area (Å²) < 4.78 is 0. The fraction of sp³-hybridized carbons (Fsp3) is 0.476. The number of rotatable bonds is 14. The first-order valence-corrected chi connectivity index (χ1v) is 11.8. The molecule has 34 heavy (non-hydrogen) atoms. The first-order valence-electron chi connectivity index (χ1n) is 10.4. The molecule has 13 heteroatoms. The Labute approximate surface area is 201 Å². The second-order valence-electron chi connectivity index (χ2n) is 7.62. The Bertz CT molecular complexity index is 881. The molecule has 188 valence electrons. The summed E-state index contributed by atoms with van der Waals surface area (Å²) in [6.45, 7) is 1.33. The molecule has 0 fully saturated rings. The van der Waals surface area contributed by atoms with Gasteiger partial charge in [-0.3, -0.25) is 19.2 Å². The molecule has 0 saturated carbocycles. The van der Waals surface area contributed by atoms with Crippen molar-refractivity contribution < 1.29 is 34.2 Å². The Balaban J connectivity index is 2.76. The molecule has 0 aliphatic rings. The topological polar surface area (TPSA) is 214 Å². The minimum absolute atomic E-state index is 0.0815. The highest BCUT2D eigenvalue weighted by atomic mass is 32.2. The van der Waals surface area contributed by atoms with Gasteiger partial charge >= 0.3 is 5.97 Å². The van der Waals surface area contributed by atoms with E-state index in [9.17, 15) is 29.1 Å². The van der Waals surface area contributed by atoms with Gasteiger partial charge in [-0.15, -0.1) is 0 Å². The Kier molecular flexibility index (Phi) is 11.9. The van der Waals surface area contributed by atoms with Crippen molar-refractivity contribution in [2.75, 3.05) is 12.0 Å². The molecule has 0 heterocycles. The molecule has 1 rings (SSSR count). The van der Waals surface area contributed by atoms with Gasteiger partial charge in [0.15, 0.2) is 0 Å². The van der Waals surface area contributed by atoms with Crippen molar-refractivity contribution in [2.24, 2.45) is 11.5 Å². The monoisotopic (exact) mass is 497 g/mol. The molecular formula is C21H31N5O7S. The van der Waals surface area contributed by atoms with Crippen molar-refractivity contribution >= 4 is 41.4 Å². The third kappa shape index (κ3) is 10.1. The summed E-state index contributed by atoms with van der Waals surface area (Å²) in [7, 11) is 0. The van der Waals surface area contributed by atoms with Crippen LogP contribution in [0.1, 0.15) is 25.3 Å². The summed E-state index contributed by atoms with van der Waals surface area (Å²) in [6, 6.07) is 1.57. The maximum Gasteiger partial charge on any atom is 0.326 e. The van der Waals surface area contributed by atoms with E-state index in [1.54, 1.807) is 12.1 Å². The van der Waals surface area contributed by atoms with Gasteiger partial charge in [0.25, 0.3) is 0 Å². The molecular weight excluding hydrogens is 466 g/mol. The van der Waals surface area contributed by atoms with Crippen LogP contribution >= 0.6 is 11.8 Å². The highest BCUT2D eigenvalue weighted by molar-refractivity contribution is 7.98. The van der Waals surface area contributed by atoms with Crippen LogP contribution in [-0.2, 0) is 30.4 Å². The molecule has 1 aromatic carbocycles. The summed E-state index contributed by atoms with van der Waals surface area (Å²) in [5.74, 6) is -3.79. The number of aromatic hydroxyl groups is 1. The van der Waals surface area contributed by atoms with Gasteiger partial charge in [-0.2, -0.15) is 11.8 Å². The number of carbonyl (C=O) groups is 5. The van der Waals surface area contributed by atoms with Gasteiger partial charge in [0, 0.05) is 0 Å². The van der Waals surface area contributed by atoms with Crippen LogP contribution in [0.3, 0.4) is 0 Å². The molecule has 4 unspecified atom stereocenters. The summed E-state index contributed by atoms with van der Waals surface area (Å²) in [5, 5.41) is 25.6. The second kappa shape index (κ2) is 14.1. The number of nitrogens with two attached hydrogens (primary N) is 2. The quantitative estimate of drug-likeness (QED) is 0.158. The number of benzene rings is 1. The highest BCUT2D eigenvalue weighted by Crippen LogP contribution is 2.11. The number of carboxylic acids is 1. The smallest absolute Gasteiger partial charge is 0.326 e. The van der Waals surface area contributed by atoms with E-state index in [2.05, 4.69) is 16.0 Å². The van der Waals surface area contributed by atoms with Crippen LogP contribution in [-0.4, -0.2) is 76.0 Å². The van der Waals surface area contributed by atoms with Crippen LogP contribution in [0.15, 0.2) is 24.3 Å². The average Bonchev–Trinajstić information content (AvgIpc) is 2.76. The number of thioether (sulfide) groups is 1. The van der Waals surface area contributed by atoms with Crippen molar-refractivity contribution in [1.29, 1.82) is 0 Å². The number of carbonyl (C=O) groups excluding carboxylic acids is 4. The number of nitrogens with one attached hydrogen (secondary N) is 3. The summed E-state index contributed by atoms with van der Waals surface area (Å²) >= 11 is 1.45. The van der Waals surface area contributed by atoms with Crippen molar-refractivity contribution in [3.63, 3.8) is 0 Å². The number of hydrogen-bond donors (Lipinski definition) is 7. The number of aliphatic carboxylic acids is 1. The minimum Gasteiger partial charge on any atom is -0.508 e. The zero-order chi connectivity index (χ0) is 25.8. The highest BCUT2D eigenvalue weighted by Gasteiger charge is 2.28. The van der Waals surface area contributed by atoms with E-state index in [0.717, 1.165) is 5.56 Å². The number of phenols is 1.